The summed E-state index contributed by atoms with van der Waals surface area (Å²) in [5.41, 5.74) is 3.61. The van der Waals surface area contributed by atoms with Gasteiger partial charge in [-0.05, 0) is 114 Å². The number of amides is 6. The smallest absolute Gasteiger partial charge is 0.408 e. The second-order valence-corrected chi connectivity index (χ2v) is 27.8. The number of ketones is 2. The number of aliphatic hydroxyl groups is 3. The zero-order valence-corrected chi connectivity index (χ0v) is 56.5. The number of hydrogen-bond donors (Lipinski definition) is 9. The molecule has 25 nitrogen and oxygen atoms in total. The third-order valence-corrected chi connectivity index (χ3v) is 19.4. The maximum Gasteiger partial charge on any atom is 0.408 e. The van der Waals surface area contributed by atoms with E-state index in [4.69, 9.17) is 46.8 Å². The number of carbonyl (C=O) groups is 11. The minimum Gasteiger partial charge on any atom is -0.455 e. The Morgan fingerprint density at radius 3 is 2.10 bits per heavy atom. The molecule has 1 aliphatic heterocycles. The Kier molecular flexibility index (Phi) is 24.6. The van der Waals surface area contributed by atoms with Crippen molar-refractivity contribution in [2.75, 3.05) is 13.2 Å². The molecule has 3 aromatic rings. The number of ether oxygens (including phenoxy) is 5. The van der Waals surface area contributed by atoms with Gasteiger partial charge >= 0.3 is 24.0 Å². The predicted octanol–water partition coefficient (Wildman–Crippen LogP) is 5.40. The predicted molar refractivity (Wildman–Crippen MR) is 348 cm³/mol. The van der Waals surface area contributed by atoms with Gasteiger partial charge in [0.2, 0.25) is 35.6 Å². The van der Waals surface area contributed by atoms with Crippen LogP contribution in [0.1, 0.15) is 154 Å². The number of unbranched alkanes of at least 4 members (excludes halogenated alkanes) is 1. The fraction of sp³-hybridized carbons (Fsp3) is 0.529. The van der Waals surface area contributed by atoms with Crippen molar-refractivity contribution in [3.63, 3.8) is 0 Å². The van der Waals surface area contributed by atoms with Crippen LogP contribution in [0.25, 0.3) is 6.08 Å². The van der Waals surface area contributed by atoms with Crippen LogP contribution in [-0.4, -0.2) is 153 Å². The van der Waals surface area contributed by atoms with E-state index in [1.54, 1.807) is 77.9 Å². The van der Waals surface area contributed by atoms with Gasteiger partial charge in [0, 0.05) is 78.0 Å². The lowest BCUT2D eigenvalue weighted by molar-refractivity contribution is -0.313. The van der Waals surface area contributed by atoms with E-state index in [0.29, 0.717) is 0 Å². The van der Waals surface area contributed by atoms with Crippen molar-refractivity contribution in [2.24, 2.45) is 39.5 Å². The average molecular weight is 1370 g/mol. The number of rotatable bonds is 28. The molecular weight excluding hydrogens is 1280 g/mol. The first-order valence-corrected chi connectivity index (χ1v) is 32.6. The highest BCUT2D eigenvalue weighted by molar-refractivity contribution is 6.30. The standard InChI is InChI=1S/C70H88ClFN6O19/c1-37-47(35-70(92)60(96-63(89)41-20-14-11-15-21-41)58-68(8)36-93-49(68)34-48(80)69(58,9)59(86)56(85)54(37)67(70,6)7)94-64(90)57(55(40-18-12-10-13-19-40)78-65(91)97-66(3,4)5)95-53(84)30-29-50(81)75-31-17-16-22-45(62(74)88)77-52(83)28-25-42(61(73)87)32-46(79)38(2)76-51(82)27-24-39-23-26-43(71)33-44(39)72/h10-15,18-21,23-24,26-27,33,38,42,45,47-49,55-58,60,80,85,92H,16-17,22,25,28-32,34-36H2,1-9H3,(H2,73,87)(H2,74,88)(H,75,81)(H,76,82)(H,77,83)(H,78,91)/b27-24+/t38?,42-,45?,47+,48+,49-,55+,56-,57-,58-,60+,68-,69-,70-/m1/s1. The molecule has 2 bridgehead atoms. The third kappa shape index (κ3) is 17.7. The fourth-order valence-corrected chi connectivity index (χ4v) is 13.8. The topological polar surface area (TPSA) is 395 Å². The van der Waals surface area contributed by atoms with E-state index < -0.39 is 191 Å². The van der Waals surface area contributed by atoms with Crippen LogP contribution < -0.4 is 32.7 Å². The molecule has 0 spiro atoms. The number of aliphatic hydroxyl groups excluding tert-OH is 2. The number of nitrogens with two attached hydrogens (primary N) is 2. The van der Waals surface area contributed by atoms with Crippen LogP contribution in [0.3, 0.4) is 0 Å². The number of esters is 3. The van der Waals surface area contributed by atoms with E-state index in [2.05, 4.69) is 21.3 Å². The van der Waals surface area contributed by atoms with Gasteiger partial charge < -0.3 is 71.7 Å². The first-order chi connectivity index (χ1) is 45.4. The molecule has 526 valence electrons. The summed E-state index contributed by atoms with van der Waals surface area (Å²) in [5.74, 6) is -11.6. The van der Waals surface area contributed by atoms with Gasteiger partial charge in [-0.1, -0.05) is 87.0 Å². The second kappa shape index (κ2) is 31.4. The molecule has 27 heteroatoms. The van der Waals surface area contributed by atoms with Gasteiger partial charge in [-0.2, -0.15) is 0 Å². The molecule has 2 unspecified atom stereocenters. The van der Waals surface area contributed by atoms with E-state index in [1.165, 1.54) is 63.2 Å². The second-order valence-electron chi connectivity index (χ2n) is 27.4. The molecular formula is C70H88ClFN6O19. The number of benzene rings is 3. The monoisotopic (exact) mass is 1370 g/mol. The van der Waals surface area contributed by atoms with Gasteiger partial charge in [-0.15, -0.1) is 0 Å². The summed E-state index contributed by atoms with van der Waals surface area (Å²) < 4.78 is 44.4. The molecule has 14 atom stereocenters. The van der Waals surface area contributed by atoms with E-state index in [0.717, 1.165) is 12.1 Å². The van der Waals surface area contributed by atoms with Crippen LogP contribution in [0, 0.1) is 33.9 Å². The van der Waals surface area contributed by atoms with Crippen molar-refractivity contribution >= 4 is 82.8 Å². The molecule has 6 amide bonds. The van der Waals surface area contributed by atoms with Crippen LogP contribution in [0.2, 0.25) is 5.02 Å². The van der Waals surface area contributed by atoms with Crippen molar-refractivity contribution in [3.05, 3.63) is 124 Å². The molecule has 3 fully saturated rings. The largest absolute Gasteiger partial charge is 0.455 e. The Labute approximate surface area is 566 Å². The van der Waals surface area contributed by atoms with Crippen LogP contribution in [0.15, 0.2) is 96.1 Å². The quantitative estimate of drug-likeness (QED) is 0.0144. The molecule has 1 heterocycles. The summed E-state index contributed by atoms with van der Waals surface area (Å²) in [5, 5.41) is 48.6. The number of primary amides is 2. The van der Waals surface area contributed by atoms with Crippen molar-refractivity contribution in [3.8, 4) is 0 Å². The Morgan fingerprint density at radius 1 is 0.835 bits per heavy atom. The van der Waals surface area contributed by atoms with Gasteiger partial charge in [-0.3, -0.25) is 38.4 Å². The number of halogens is 2. The van der Waals surface area contributed by atoms with Gasteiger partial charge in [0.05, 0.1) is 42.3 Å². The number of alkyl carbamates (subject to hydrolysis) is 1. The summed E-state index contributed by atoms with van der Waals surface area (Å²) in [6, 6.07) is 15.8. The summed E-state index contributed by atoms with van der Waals surface area (Å²) in [6.07, 6.45) is -10.5. The molecule has 2 saturated carbocycles. The maximum absolute atomic E-state index is 15.3. The average Bonchev–Trinajstić information content (AvgIpc) is 0.674. The Balaban J connectivity index is 1.01. The minimum absolute atomic E-state index is 0.00837. The molecule has 1 saturated heterocycles. The number of Topliss-reactive ketones (excluding diaryl/α,β-unsaturated/α-hetero) is 2. The maximum atomic E-state index is 15.3. The summed E-state index contributed by atoms with van der Waals surface area (Å²) in [7, 11) is 0. The first kappa shape index (κ1) is 75.9. The van der Waals surface area contributed by atoms with E-state index in [9.17, 15) is 62.9 Å². The molecule has 7 rings (SSSR count). The van der Waals surface area contributed by atoms with E-state index in [1.807, 2.05) is 0 Å². The van der Waals surface area contributed by atoms with Crippen molar-refractivity contribution in [1.29, 1.82) is 0 Å². The highest BCUT2D eigenvalue weighted by Gasteiger charge is 2.75. The highest BCUT2D eigenvalue weighted by Crippen LogP contribution is 2.66. The molecule has 3 aromatic carbocycles. The van der Waals surface area contributed by atoms with Gasteiger partial charge in [-0.25, -0.2) is 18.8 Å². The number of carbonyl (C=O) groups excluding carboxylic acids is 11. The van der Waals surface area contributed by atoms with Gasteiger partial charge in [0.15, 0.2) is 11.6 Å². The van der Waals surface area contributed by atoms with Gasteiger partial charge in [0.1, 0.15) is 47.4 Å². The molecule has 11 N–H and O–H groups in total. The van der Waals surface area contributed by atoms with E-state index in [-0.39, 0.29) is 84.5 Å². The molecule has 4 aliphatic rings. The highest BCUT2D eigenvalue weighted by atomic mass is 35.5. The zero-order chi connectivity index (χ0) is 71.7. The summed E-state index contributed by atoms with van der Waals surface area (Å²) in [6.45, 7) is 14.1. The van der Waals surface area contributed by atoms with Gasteiger partial charge in [0.25, 0.3) is 0 Å². The third-order valence-electron chi connectivity index (χ3n) is 19.2. The number of fused-ring (bicyclic) bond motifs is 5. The minimum atomic E-state index is -2.34. The lowest BCUT2D eigenvalue weighted by Crippen LogP contribution is -2.77. The normalized spacial score (nSPS) is 25.6. The Morgan fingerprint density at radius 2 is 1.49 bits per heavy atom. The molecule has 97 heavy (non-hydrogen) atoms. The van der Waals surface area contributed by atoms with Crippen LogP contribution in [0.4, 0.5) is 9.18 Å². The molecule has 3 aliphatic carbocycles. The Hall–Kier alpha value is -8.43. The molecule has 0 radical (unpaired) electrons. The summed E-state index contributed by atoms with van der Waals surface area (Å²) >= 11 is 5.77. The SMILES string of the molecule is CC1=C2[C@@H](O)C(=O)[C@@]3(C)[C@H]([C@H](OC(=O)c4ccccc4)[C@](O)(C[C@@H]1OC(=O)[C@H](OC(=O)CCC(=O)NCCCCC(NC(=O)CC[C@H](CC(=O)C(C)NC(=O)/C=C/c1ccc(Cl)cc1F)C(N)=O)C(N)=O)[C@@H](NC(=O)OC(C)(C)C)c1ccccc1)C2(C)C)[C@]1(C)CO[C@@H]1C[C@@H]3O. The van der Waals surface area contributed by atoms with Crippen molar-refractivity contribution < 1.29 is 96.1 Å². The van der Waals surface area contributed by atoms with Crippen molar-refractivity contribution in [2.45, 2.75) is 192 Å². The zero-order valence-electron chi connectivity index (χ0n) is 55.8. The summed E-state index contributed by atoms with van der Waals surface area (Å²) in [4.78, 5) is 149. The Bertz CT molecular complexity index is 3550. The number of hydrogen-bond acceptors (Lipinski definition) is 19. The van der Waals surface area contributed by atoms with Crippen LogP contribution >= 0.6 is 11.6 Å². The fourth-order valence-electron chi connectivity index (χ4n) is 13.6. The lowest BCUT2D eigenvalue weighted by atomic mass is 9.42. The van der Waals surface area contributed by atoms with Crippen LogP contribution in [-0.2, 0) is 66.8 Å². The number of nitrogens with one attached hydrogen (secondary N) is 4. The van der Waals surface area contributed by atoms with E-state index >= 15 is 9.59 Å². The first-order valence-electron chi connectivity index (χ1n) is 32.2. The molecule has 0 aromatic heterocycles. The van der Waals surface area contributed by atoms with Crippen molar-refractivity contribution in [1.82, 2.24) is 21.3 Å². The van der Waals surface area contributed by atoms with Crippen LogP contribution in [0.5, 0.6) is 0 Å². The lowest BCUT2D eigenvalue weighted by Gasteiger charge is -2.68.